The van der Waals surface area contributed by atoms with Gasteiger partial charge < -0.3 is 10.4 Å². The first-order chi connectivity index (χ1) is 8.30. The van der Waals surface area contributed by atoms with E-state index in [9.17, 15) is 23.1 Å². The molecule has 3 nitrogen and oxygen atoms in total. The summed E-state index contributed by atoms with van der Waals surface area (Å²) in [6, 6.07) is 0. The molecule has 0 aromatic rings. The summed E-state index contributed by atoms with van der Waals surface area (Å²) in [4.78, 5) is 11.4. The van der Waals surface area contributed by atoms with E-state index in [1.165, 1.54) is 0 Å². The normalized spacial score (nSPS) is 33.2. The average Bonchev–Trinajstić information content (AvgIpc) is 3.09. The summed E-state index contributed by atoms with van der Waals surface area (Å²) in [5, 5.41) is 12.7. The quantitative estimate of drug-likeness (QED) is 0.820. The van der Waals surface area contributed by atoms with Crippen LogP contribution in [-0.4, -0.2) is 29.3 Å². The van der Waals surface area contributed by atoms with Crippen LogP contribution in [0.4, 0.5) is 13.2 Å². The van der Waals surface area contributed by atoms with E-state index in [1.807, 2.05) is 0 Å². The number of carbonyl (C=O) groups is 1. The molecule has 0 radical (unpaired) electrons. The van der Waals surface area contributed by atoms with Crippen molar-refractivity contribution in [3.63, 3.8) is 0 Å². The molecule has 0 aliphatic heterocycles. The van der Waals surface area contributed by atoms with Crippen LogP contribution in [0.1, 0.15) is 38.5 Å². The van der Waals surface area contributed by atoms with Crippen molar-refractivity contribution in [2.75, 3.05) is 6.54 Å². The molecular formula is C12H18F3NO2. The van der Waals surface area contributed by atoms with Gasteiger partial charge in [0.05, 0.1) is 11.5 Å². The van der Waals surface area contributed by atoms with Crippen molar-refractivity contribution < 1.29 is 23.1 Å². The van der Waals surface area contributed by atoms with Crippen LogP contribution in [0.3, 0.4) is 0 Å². The number of hydrogen-bond donors (Lipinski definition) is 2. The highest BCUT2D eigenvalue weighted by molar-refractivity contribution is 5.80. The third kappa shape index (κ3) is 3.37. The van der Waals surface area contributed by atoms with Crippen molar-refractivity contribution in [1.29, 1.82) is 0 Å². The van der Waals surface area contributed by atoms with E-state index in [0.717, 1.165) is 12.8 Å². The lowest BCUT2D eigenvalue weighted by molar-refractivity contribution is -0.199. The lowest BCUT2D eigenvalue weighted by Gasteiger charge is -2.37. The molecule has 104 valence electrons. The zero-order chi connectivity index (χ0) is 13.4. The number of rotatable bonds is 3. The van der Waals surface area contributed by atoms with Gasteiger partial charge in [-0.15, -0.1) is 0 Å². The van der Waals surface area contributed by atoms with Crippen molar-refractivity contribution in [3.8, 4) is 0 Å². The molecule has 2 saturated carbocycles. The first kappa shape index (κ1) is 13.6. The van der Waals surface area contributed by atoms with E-state index in [2.05, 4.69) is 5.32 Å². The van der Waals surface area contributed by atoms with Crippen LogP contribution < -0.4 is 5.32 Å². The Balaban J connectivity index is 1.86. The van der Waals surface area contributed by atoms with E-state index in [0.29, 0.717) is 12.8 Å². The van der Waals surface area contributed by atoms with Crippen molar-refractivity contribution in [2.24, 2.45) is 11.8 Å². The molecule has 0 heterocycles. The minimum atomic E-state index is -4.26. The largest absolute Gasteiger partial charge is 0.391 e. The van der Waals surface area contributed by atoms with Crippen molar-refractivity contribution in [2.45, 2.75) is 50.3 Å². The molecule has 0 bridgehead atoms. The molecule has 2 fully saturated rings. The number of alkyl halides is 3. The Kier molecular flexibility index (Phi) is 3.58. The third-order valence-corrected chi connectivity index (χ3v) is 3.82. The predicted molar refractivity (Wildman–Crippen MR) is 58.7 cm³/mol. The molecule has 2 N–H and O–H groups in total. The molecule has 0 aromatic carbocycles. The second-order valence-electron chi connectivity index (χ2n) is 5.55. The van der Waals surface area contributed by atoms with E-state index >= 15 is 0 Å². The van der Waals surface area contributed by atoms with Crippen LogP contribution in [0.2, 0.25) is 0 Å². The highest BCUT2D eigenvalue weighted by Gasteiger charge is 2.47. The molecular weight excluding hydrogens is 247 g/mol. The molecule has 18 heavy (non-hydrogen) atoms. The molecule has 2 aliphatic carbocycles. The summed E-state index contributed by atoms with van der Waals surface area (Å²) in [5.41, 5.74) is -1.40. The monoisotopic (exact) mass is 265 g/mol. The van der Waals surface area contributed by atoms with Gasteiger partial charge in [0.1, 0.15) is 0 Å². The van der Waals surface area contributed by atoms with Crippen LogP contribution in [-0.2, 0) is 4.79 Å². The Morgan fingerprint density at radius 3 is 2.56 bits per heavy atom. The average molecular weight is 265 g/mol. The lowest BCUT2D eigenvalue weighted by atomic mass is 9.77. The Morgan fingerprint density at radius 2 is 2.00 bits per heavy atom. The molecule has 0 saturated heterocycles. The Morgan fingerprint density at radius 1 is 1.33 bits per heavy atom. The number of nitrogens with one attached hydrogen (secondary N) is 1. The SMILES string of the molecule is O=C(NC[C@]1(O)CCC[C@@H](C(F)(F)F)C1)C1CC1. The fourth-order valence-corrected chi connectivity index (χ4v) is 2.52. The maximum Gasteiger partial charge on any atom is 0.391 e. The molecule has 0 unspecified atom stereocenters. The van der Waals surface area contributed by atoms with Crippen molar-refractivity contribution in [1.82, 2.24) is 5.32 Å². The summed E-state index contributed by atoms with van der Waals surface area (Å²) in [7, 11) is 0. The molecule has 0 aromatic heterocycles. The summed E-state index contributed by atoms with van der Waals surface area (Å²) >= 11 is 0. The maximum absolute atomic E-state index is 12.6. The maximum atomic E-state index is 12.6. The number of aliphatic hydroxyl groups is 1. The number of hydrogen-bond acceptors (Lipinski definition) is 2. The highest BCUT2D eigenvalue weighted by atomic mass is 19.4. The molecule has 2 aliphatic rings. The zero-order valence-corrected chi connectivity index (χ0v) is 10.1. The second kappa shape index (κ2) is 4.72. The molecule has 2 rings (SSSR count). The Hall–Kier alpha value is -0.780. The van der Waals surface area contributed by atoms with E-state index < -0.39 is 17.7 Å². The highest BCUT2D eigenvalue weighted by Crippen LogP contribution is 2.41. The fraction of sp³-hybridized carbons (Fsp3) is 0.917. The van der Waals surface area contributed by atoms with Crippen LogP contribution in [0.5, 0.6) is 0 Å². The predicted octanol–water partition coefficient (Wildman–Crippen LogP) is 2.00. The zero-order valence-electron chi connectivity index (χ0n) is 10.1. The lowest BCUT2D eigenvalue weighted by Crippen LogP contribution is -2.48. The van der Waals surface area contributed by atoms with Gasteiger partial charge in [-0.1, -0.05) is 0 Å². The van der Waals surface area contributed by atoms with Gasteiger partial charge in [0.15, 0.2) is 0 Å². The minimum Gasteiger partial charge on any atom is -0.388 e. The topological polar surface area (TPSA) is 49.3 Å². The molecule has 2 atom stereocenters. The minimum absolute atomic E-state index is 0.00982. The van der Waals surface area contributed by atoms with Crippen molar-refractivity contribution in [3.05, 3.63) is 0 Å². The molecule has 0 spiro atoms. The standard InChI is InChI=1S/C12H18F3NO2/c13-12(14,15)9-2-1-5-11(18,6-9)7-16-10(17)8-3-4-8/h8-9,18H,1-7H2,(H,16,17)/t9-,11+/m1/s1. The summed E-state index contributed by atoms with van der Waals surface area (Å²) in [6.07, 6.45) is -2.13. The van der Waals surface area contributed by atoms with Gasteiger partial charge in [-0.2, -0.15) is 13.2 Å². The van der Waals surface area contributed by atoms with Crippen molar-refractivity contribution >= 4 is 5.91 Å². The van der Waals surface area contributed by atoms with Crippen LogP contribution in [0.25, 0.3) is 0 Å². The van der Waals surface area contributed by atoms with Crippen LogP contribution in [0.15, 0.2) is 0 Å². The molecule has 6 heteroatoms. The third-order valence-electron chi connectivity index (χ3n) is 3.82. The van der Waals surface area contributed by atoms with Gasteiger partial charge in [0.25, 0.3) is 0 Å². The van der Waals surface area contributed by atoms with Gasteiger partial charge in [-0.05, 0) is 38.5 Å². The van der Waals surface area contributed by atoms with E-state index in [-0.39, 0.29) is 31.2 Å². The van der Waals surface area contributed by atoms with Gasteiger partial charge in [0, 0.05) is 12.5 Å². The summed E-state index contributed by atoms with van der Waals surface area (Å²) in [5.74, 6) is -1.58. The summed E-state index contributed by atoms with van der Waals surface area (Å²) < 4.78 is 37.9. The van der Waals surface area contributed by atoms with Gasteiger partial charge in [-0.25, -0.2) is 0 Å². The van der Waals surface area contributed by atoms with E-state index in [4.69, 9.17) is 0 Å². The smallest absolute Gasteiger partial charge is 0.388 e. The Bertz CT molecular complexity index is 328. The first-order valence-electron chi connectivity index (χ1n) is 6.37. The van der Waals surface area contributed by atoms with Crippen LogP contribution >= 0.6 is 0 Å². The Labute approximate surface area is 104 Å². The first-order valence-corrected chi connectivity index (χ1v) is 6.37. The van der Waals surface area contributed by atoms with Gasteiger partial charge in [0.2, 0.25) is 5.91 Å². The fourth-order valence-electron chi connectivity index (χ4n) is 2.52. The number of amides is 1. The van der Waals surface area contributed by atoms with E-state index in [1.54, 1.807) is 0 Å². The molecule has 1 amide bonds. The van der Waals surface area contributed by atoms with Gasteiger partial charge in [-0.3, -0.25) is 4.79 Å². The number of carbonyl (C=O) groups excluding carboxylic acids is 1. The second-order valence-corrected chi connectivity index (χ2v) is 5.55. The van der Waals surface area contributed by atoms with Gasteiger partial charge >= 0.3 is 6.18 Å². The number of halogens is 3. The summed E-state index contributed by atoms with van der Waals surface area (Å²) in [6.45, 7) is -0.0606. The van der Waals surface area contributed by atoms with Crippen LogP contribution in [0, 0.1) is 11.8 Å².